The van der Waals surface area contributed by atoms with E-state index in [0.29, 0.717) is 12.5 Å². The van der Waals surface area contributed by atoms with Gasteiger partial charge < -0.3 is 10.1 Å². The number of aromatic nitrogens is 2. The molecule has 0 aliphatic carbocycles. The van der Waals surface area contributed by atoms with Gasteiger partial charge in [-0.05, 0) is 26.8 Å². The molecule has 0 spiro atoms. The Kier molecular flexibility index (Phi) is 4.80. The molecule has 0 saturated heterocycles. The van der Waals surface area contributed by atoms with Crippen LogP contribution < -0.4 is 10.1 Å². The van der Waals surface area contributed by atoms with Crippen molar-refractivity contribution in [3.05, 3.63) is 11.3 Å². The van der Waals surface area contributed by atoms with Crippen molar-refractivity contribution in [3.8, 4) is 5.88 Å². The third-order valence-corrected chi connectivity index (χ3v) is 2.37. The van der Waals surface area contributed by atoms with E-state index in [0.717, 1.165) is 24.7 Å². The molecule has 0 aromatic carbocycles. The number of ether oxygens (including phenoxy) is 1. The maximum absolute atomic E-state index is 5.70. The van der Waals surface area contributed by atoms with Gasteiger partial charge in [0.2, 0.25) is 5.88 Å². The fraction of sp³-hybridized carbons (Fsp3) is 0.750. The highest BCUT2D eigenvalue weighted by molar-refractivity contribution is 5.31. The summed E-state index contributed by atoms with van der Waals surface area (Å²) in [4.78, 5) is 0. The smallest absolute Gasteiger partial charge is 0.216 e. The van der Waals surface area contributed by atoms with Crippen molar-refractivity contribution in [2.24, 2.45) is 5.92 Å². The second-order valence-corrected chi connectivity index (χ2v) is 4.41. The average molecular weight is 225 g/mol. The number of aryl methyl sites for hydroxylation is 1. The van der Waals surface area contributed by atoms with Crippen molar-refractivity contribution < 1.29 is 4.74 Å². The van der Waals surface area contributed by atoms with Gasteiger partial charge in [-0.1, -0.05) is 13.8 Å². The van der Waals surface area contributed by atoms with Crippen LogP contribution in [-0.4, -0.2) is 23.4 Å². The normalized spacial score (nSPS) is 11.1. The molecule has 4 heteroatoms. The maximum Gasteiger partial charge on any atom is 0.216 e. The van der Waals surface area contributed by atoms with E-state index in [1.165, 1.54) is 5.56 Å². The molecule has 1 aromatic heterocycles. The molecule has 92 valence electrons. The summed E-state index contributed by atoms with van der Waals surface area (Å²) in [6.45, 7) is 10.8. The quantitative estimate of drug-likeness (QED) is 0.804. The highest BCUT2D eigenvalue weighted by Crippen LogP contribution is 2.23. The first-order chi connectivity index (χ1) is 7.60. The Morgan fingerprint density at radius 1 is 1.44 bits per heavy atom. The van der Waals surface area contributed by atoms with Gasteiger partial charge in [0, 0.05) is 13.1 Å². The van der Waals surface area contributed by atoms with Gasteiger partial charge >= 0.3 is 0 Å². The van der Waals surface area contributed by atoms with Crippen molar-refractivity contribution in [2.75, 3.05) is 13.7 Å². The minimum absolute atomic E-state index is 0.570. The third-order valence-electron chi connectivity index (χ3n) is 2.37. The van der Waals surface area contributed by atoms with Crippen molar-refractivity contribution in [1.82, 2.24) is 15.1 Å². The minimum Gasteiger partial charge on any atom is -0.478 e. The van der Waals surface area contributed by atoms with Crippen molar-refractivity contribution in [2.45, 2.75) is 40.8 Å². The first kappa shape index (κ1) is 13.0. The van der Waals surface area contributed by atoms with E-state index in [9.17, 15) is 0 Å². The average Bonchev–Trinajstić information content (AvgIpc) is 2.46. The molecule has 1 rings (SSSR count). The van der Waals surface area contributed by atoms with Gasteiger partial charge in [0.1, 0.15) is 0 Å². The molecule has 4 nitrogen and oxygen atoms in total. The summed E-state index contributed by atoms with van der Waals surface area (Å²) < 4.78 is 7.69. The Morgan fingerprint density at radius 3 is 2.62 bits per heavy atom. The molecule has 0 amide bonds. The molecule has 1 N–H and O–H groups in total. The van der Waals surface area contributed by atoms with Crippen molar-refractivity contribution >= 4 is 0 Å². The fourth-order valence-corrected chi connectivity index (χ4v) is 1.75. The lowest BCUT2D eigenvalue weighted by atomic mass is 10.2. The molecule has 0 saturated carbocycles. The summed E-state index contributed by atoms with van der Waals surface area (Å²) in [6, 6.07) is 0. The lowest BCUT2D eigenvalue weighted by molar-refractivity contribution is 0.289. The van der Waals surface area contributed by atoms with E-state index in [1.54, 1.807) is 0 Å². The van der Waals surface area contributed by atoms with E-state index in [4.69, 9.17) is 4.74 Å². The summed E-state index contributed by atoms with van der Waals surface area (Å²) in [5, 5.41) is 7.70. The summed E-state index contributed by atoms with van der Waals surface area (Å²) in [5.74, 6) is 1.49. The monoisotopic (exact) mass is 225 g/mol. The van der Waals surface area contributed by atoms with Gasteiger partial charge in [0.25, 0.3) is 0 Å². The molecule has 0 radical (unpaired) electrons. The standard InChI is InChI=1S/C12H23N3O/c1-6-16-12-11(7-13-5)10(4)14-15(12)8-9(2)3/h9,13H,6-8H2,1-5H3. The van der Waals surface area contributed by atoms with Crippen LogP contribution >= 0.6 is 0 Å². The summed E-state index contributed by atoms with van der Waals surface area (Å²) in [5.41, 5.74) is 2.23. The Balaban J connectivity index is 3.02. The SMILES string of the molecule is CCOc1c(CNC)c(C)nn1CC(C)C. The van der Waals surface area contributed by atoms with E-state index in [-0.39, 0.29) is 0 Å². The van der Waals surface area contributed by atoms with E-state index in [2.05, 4.69) is 24.3 Å². The molecule has 0 atom stereocenters. The van der Waals surface area contributed by atoms with Crippen molar-refractivity contribution in [3.63, 3.8) is 0 Å². The summed E-state index contributed by atoms with van der Waals surface area (Å²) in [7, 11) is 1.94. The van der Waals surface area contributed by atoms with Crippen LogP contribution in [0.1, 0.15) is 32.0 Å². The lowest BCUT2D eigenvalue weighted by Crippen LogP contribution is -2.11. The van der Waals surface area contributed by atoms with Crippen LogP contribution in [0, 0.1) is 12.8 Å². The number of nitrogens with one attached hydrogen (secondary N) is 1. The van der Waals surface area contributed by atoms with Gasteiger partial charge in [-0.2, -0.15) is 5.10 Å². The maximum atomic E-state index is 5.70. The zero-order valence-electron chi connectivity index (χ0n) is 11.0. The van der Waals surface area contributed by atoms with Gasteiger partial charge in [0.05, 0.1) is 17.9 Å². The predicted molar refractivity (Wildman–Crippen MR) is 65.7 cm³/mol. The zero-order valence-corrected chi connectivity index (χ0v) is 11.0. The second-order valence-electron chi connectivity index (χ2n) is 4.41. The van der Waals surface area contributed by atoms with Crippen LogP contribution in [0.3, 0.4) is 0 Å². The second kappa shape index (κ2) is 5.89. The molecule has 0 aliphatic rings. The van der Waals surface area contributed by atoms with E-state index >= 15 is 0 Å². The Labute approximate surface area is 98.0 Å². The van der Waals surface area contributed by atoms with Gasteiger partial charge in [0.15, 0.2) is 0 Å². The van der Waals surface area contributed by atoms with Gasteiger partial charge in [-0.3, -0.25) is 0 Å². The molecule has 1 heterocycles. The minimum atomic E-state index is 0.570. The topological polar surface area (TPSA) is 39.1 Å². The molecule has 16 heavy (non-hydrogen) atoms. The van der Waals surface area contributed by atoms with E-state index in [1.807, 2.05) is 25.6 Å². The lowest BCUT2D eigenvalue weighted by Gasteiger charge is -2.11. The Morgan fingerprint density at radius 2 is 2.12 bits per heavy atom. The third kappa shape index (κ3) is 2.98. The molecule has 1 aromatic rings. The van der Waals surface area contributed by atoms with Gasteiger partial charge in [-0.25, -0.2) is 4.68 Å². The number of rotatable bonds is 6. The number of hydrogen-bond donors (Lipinski definition) is 1. The van der Waals surface area contributed by atoms with Crippen LogP contribution in [0.2, 0.25) is 0 Å². The number of nitrogens with zero attached hydrogens (tertiary/aromatic N) is 2. The first-order valence-corrected chi connectivity index (χ1v) is 5.93. The largest absolute Gasteiger partial charge is 0.478 e. The first-order valence-electron chi connectivity index (χ1n) is 5.93. The molecular weight excluding hydrogens is 202 g/mol. The van der Waals surface area contributed by atoms with Crippen LogP contribution in [0.25, 0.3) is 0 Å². The van der Waals surface area contributed by atoms with Gasteiger partial charge in [-0.15, -0.1) is 0 Å². The Bertz CT molecular complexity index is 331. The summed E-state index contributed by atoms with van der Waals surface area (Å²) >= 11 is 0. The molecule has 0 unspecified atom stereocenters. The number of hydrogen-bond acceptors (Lipinski definition) is 3. The Hall–Kier alpha value is -1.03. The molecule has 0 aliphatic heterocycles. The molecule has 0 fully saturated rings. The summed E-state index contributed by atoms with van der Waals surface area (Å²) in [6.07, 6.45) is 0. The highest BCUT2D eigenvalue weighted by Gasteiger charge is 2.16. The van der Waals surface area contributed by atoms with Crippen molar-refractivity contribution in [1.29, 1.82) is 0 Å². The zero-order chi connectivity index (χ0) is 12.1. The molecular formula is C12H23N3O. The van der Waals surface area contributed by atoms with Crippen LogP contribution in [-0.2, 0) is 13.1 Å². The van der Waals surface area contributed by atoms with Crippen LogP contribution in [0.5, 0.6) is 5.88 Å². The highest BCUT2D eigenvalue weighted by atomic mass is 16.5. The van der Waals surface area contributed by atoms with E-state index < -0.39 is 0 Å². The van der Waals surface area contributed by atoms with Crippen LogP contribution in [0.15, 0.2) is 0 Å². The predicted octanol–water partition coefficient (Wildman–Crippen LogP) is 1.97. The van der Waals surface area contributed by atoms with Crippen LogP contribution in [0.4, 0.5) is 0 Å². The molecule has 0 bridgehead atoms. The fourth-order valence-electron chi connectivity index (χ4n) is 1.75.